The van der Waals surface area contributed by atoms with E-state index in [9.17, 15) is 5.11 Å². The van der Waals surface area contributed by atoms with Gasteiger partial charge in [-0.1, -0.05) is 30.3 Å². The van der Waals surface area contributed by atoms with Gasteiger partial charge in [0, 0.05) is 5.56 Å². The maximum absolute atomic E-state index is 9.35. The minimum absolute atomic E-state index is 0.103. The summed E-state index contributed by atoms with van der Waals surface area (Å²) >= 11 is 0. The van der Waals surface area contributed by atoms with Crippen molar-refractivity contribution in [3.8, 4) is 16.9 Å². The monoisotopic (exact) mass is 201 g/mol. The Bertz CT molecular complexity index is 454. The van der Waals surface area contributed by atoms with Crippen molar-refractivity contribution in [2.75, 3.05) is 0 Å². The maximum Gasteiger partial charge on any atom is 0.134 e. The van der Waals surface area contributed by atoms with Crippen molar-refractivity contribution in [1.82, 2.24) is 4.98 Å². The number of hydrogen-bond acceptors (Lipinski definition) is 3. The lowest BCUT2D eigenvalue weighted by molar-refractivity contribution is 0.277. The molecular weight excluding hydrogens is 190 g/mol. The molecule has 0 saturated heterocycles. The number of aromatic hydroxyl groups is 1. The standard InChI is InChI=1S/C12H11NO2/c14-8-12-11(6-10(15)7-13-12)9-4-2-1-3-5-9/h1-7,14-15H,8H2. The van der Waals surface area contributed by atoms with Gasteiger partial charge in [0.2, 0.25) is 0 Å². The van der Waals surface area contributed by atoms with Gasteiger partial charge in [-0.05, 0) is 11.6 Å². The zero-order chi connectivity index (χ0) is 10.7. The molecule has 2 aromatic rings. The molecule has 1 heterocycles. The first kappa shape index (κ1) is 9.68. The average Bonchev–Trinajstić information content (AvgIpc) is 2.30. The molecule has 0 aliphatic rings. The fraction of sp³-hybridized carbons (Fsp3) is 0.0833. The van der Waals surface area contributed by atoms with Crippen molar-refractivity contribution in [3.63, 3.8) is 0 Å². The van der Waals surface area contributed by atoms with Crippen LogP contribution < -0.4 is 0 Å². The van der Waals surface area contributed by atoms with Crippen molar-refractivity contribution < 1.29 is 10.2 Å². The third-order valence-corrected chi connectivity index (χ3v) is 2.19. The molecule has 76 valence electrons. The second kappa shape index (κ2) is 4.11. The quantitative estimate of drug-likeness (QED) is 0.780. The molecule has 2 N–H and O–H groups in total. The van der Waals surface area contributed by atoms with Crippen molar-refractivity contribution in [2.45, 2.75) is 6.61 Å². The van der Waals surface area contributed by atoms with Crippen LogP contribution >= 0.6 is 0 Å². The van der Waals surface area contributed by atoms with Gasteiger partial charge in [-0.2, -0.15) is 0 Å². The number of pyridine rings is 1. The predicted molar refractivity (Wildman–Crippen MR) is 57.3 cm³/mol. The molecule has 3 heteroatoms. The lowest BCUT2D eigenvalue weighted by Gasteiger charge is -2.06. The summed E-state index contributed by atoms with van der Waals surface area (Å²) < 4.78 is 0. The van der Waals surface area contributed by atoms with Crippen LogP contribution in [-0.2, 0) is 6.61 Å². The minimum Gasteiger partial charge on any atom is -0.506 e. The van der Waals surface area contributed by atoms with E-state index in [1.807, 2.05) is 30.3 Å². The summed E-state index contributed by atoms with van der Waals surface area (Å²) in [5, 5.41) is 18.5. The van der Waals surface area contributed by atoms with Crippen LogP contribution in [-0.4, -0.2) is 15.2 Å². The normalized spacial score (nSPS) is 10.2. The van der Waals surface area contributed by atoms with Crippen molar-refractivity contribution in [2.24, 2.45) is 0 Å². The molecule has 0 spiro atoms. The van der Waals surface area contributed by atoms with Crippen LogP contribution in [0.25, 0.3) is 11.1 Å². The molecule has 0 bridgehead atoms. The van der Waals surface area contributed by atoms with Crippen LogP contribution in [0.2, 0.25) is 0 Å². The van der Waals surface area contributed by atoms with E-state index >= 15 is 0 Å². The number of aromatic nitrogens is 1. The van der Waals surface area contributed by atoms with E-state index in [4.69, 9.17) is 5.11 Å². The van der Waals surface area contributed by atoms with E-state index in [1.54, 1.807) is 6.07 Å². The lowest BCUT2D eigenvalue weighted by Crippen LogP contribution is -1.93. The molecule has 0 atom stereocenters. The van der Waals surface area contributed by atoms with Crippen LogP contribution in [0.4, 0.5) is 0 Å². The summed E-state index contributed by atoms with van der Waals surface area (Å²) in [5.74, 6) is 0.103. The number of nitrogens with zero attached hydrogens (tertiary/aromatic N) is 1. The molecule has 0 saturated carbocycles. The molecule has 3 nitrogen and oxygen atoms in total. The van der Waals surface area contributed by atoms with Crippen LogP contribution in [0.3, 0.4) is 0 Å². The first-order chi connectivity index (χ1) is 7.31. The number of hydrogen-bond donors (Lipinski definition) is 2. The van der Waals surface area contributed by atoms with E-state index in [0.29, 0.717) is 5.69 Å². The van der Waals surface area contributed by atoms with Crippen molar-refractivity contribution >= 4 is 0 Å². The van der Waals surface area contributed by atoms with Gasteiger partial charge in [0.25, 0.3) is 0 Å². The predicted octanol–water partition coefficient (Wildman–Crippen LogP) is 1.95. The molecule has 1 aromatic carbocycles. The Labute approximate surface area is 87.7 Å². The summed E-state index contributed by atoms with van der Waals surface area (Å²) in [4.78, 5) is 3.97. The fourth-order valence-corrected chi connectivity index (χ4v) is 1.48. The molecule has 0 aliphatic heterocycles. The largest absolute Gasteiger partial charge is 0.506 e. The smallest absolute Gasteiger partial charge is 0.134 e. The summed E-state index contributed by atoms with van der Waals surface area (Å²) in [6, 6.07) is 11.2. The maximum atomic E-state index is 9.35. The number of benzene rings is 1. The van der Waals surface area contributed by atoms with Gasteiger partial charge >= 0.3 is 0 Å². The highest BCUT2D eigenvalue weighted by Gasteiger charge is 2.06. The molecule has 0 amide bonds. The third-order valence-electron chi connectivity index (χ3n) is 2.19. The molecule has 0 fully saturated rings. The second-order valence-electron chi connectivity index (χ2n) is 3.21. The molecular formula is C12H11NO2. The summed E-state index contributed by atoms with van der Waals surface area (Å²) in [6.45, 7) is -0.134. The SMILES string of the molecule is OCc1ncc(O)cc1-c1ccccc1. The lowest BCUT2D eigenvalue weighted by atomic mass is 10.0. The van der Waals surface area contributed by atoms with Gasteiger partial charge in [-0.25, -0.2) is 0 Å². The van der Waals surface area contributed by atoms with E-state index in [-0.39, 0.29) is 12.4 Å². The zero-order valence-electron chi connectivity index (χ0n) is 8.09. The average molecular weight is 201 g/mol. The Morgan fingerprint density at radius 2 is 1.87 bits per heavy atom. The Morgan fingerprint density at radius 3 is 2.53 bits per heavy atom. The highest BCUT2D eigenvalue weighted by atomic mass is 16.3. The Hall–Kier alpha value is -1.87. The highest BCUT2D eigenvalue weighted by molar-refractivity contribution is 5.66. The van der Waals surface area contributed by atoms with Gasteiger partial charge in [-0.15, -0.1) is 0 Å². The van der Waals surface area contributed by atoms with E-state index in [0.717, 1.165) is 11.1 Å². The molecule has 0 radical (unpaired) electrons. The molecule has 15 heavy (non-hydrogen) atoms. The van der Waals surface area contributed by atoms with Gasteiger partial charge in [0.15, 0.2) is 0 Å². The van der Waals surface area contributed by atoms with Gasteiger partial charge < -0.3 is 10.2 Å². The molecule has 2 rings (SSSR count). The summed E-state index contributed by atoms with van der Waals surface area (Å²) in [5.41, 5.74) is 2.27. The minimum atomic E-state index is -0.134. The first-order valence-electron chi connectivity index (χ1n) is 4.65. The van der Waals surface area contributed by atoms with E-state index < -0.39 is 0 Å². The van der Waals surface area contributed by atoms with E-state index in [2.05, 4.69) is 4.98 Å². The van der Waals surface area contributed by atoms with Gasteiger partial charge in [0.05, 0.1) is 18.5 Å². The van der Waals surface area contributed by atoms with Crippen LogP contribution in [0.15, 0.2) is 42.6 Å². The van der Waals surface area contributed by atoms with E-state index in [1.165, 1.54) is 6.20 Å². The molecule has 0 unspecified atom stereocenters. The second-order valence-corrected chi connectivity index (χ2v) is 3.21. The summed E-state index contributed by atoms with van der Waals surface area (Å²) in [7, 11) is 0. The van der Waals surface area contributed by atoms with Crippen molar-refractivity contribution in [1.29, 1.82) is 0 Å². The Kier molecular flexibility index (Phi) is 2.65. The van der Waals surface area contributed by atoms with Crippen LogP contribution in [0.1, 0.15) is 5.69 Å². The van der Waals surface area contributed by atoms with Gasteiger partial charge in [0.1, 0.15) is 5.75 Å². The zero-order valence-corrected chi connectivity index (χ0v) is 8.09. The molecule has 0 aliphatic carbocycles. The first-order valence-corrected chi connectivity index (χ1v) is 4.65. The number of aliphatic hydroxyl groups is 1. The Morgan fingerprint density at radius 1 is 1.13 bits per heavy atom. The molecule has 1 aromatic heterocycles. The van der Waals surface area contributed by atoms with Crippen LogP contribution in [0.5, 0.6) is 5.75 Å². The van der Waals surface area contributed by atoms with Crippen molar-refractivity contribution in [3.05, 3.63) is 48.3 Å². The topological polar surface area (TPSA) is 53.4 Å². The fourth-order valence-electron chi connectivity index (χ4n) is 1.48. The number of aliphatic hydroxyl groups excluding tert-OH is 1. The number of rotatable bonds is 2. The highest BCUT2D eigenvalue weighted by Crippen LogP contribution is 2.25. The van der Waals surface area contributed by atoms with Crippen LogP contribution in [0, 0.1) is 0 Å². The Balaban J connectivity index is 2.56. The third kappa shape index (κ3) is 1.97. The summed E-state index contributed by atoms with van der Waals surface area (Å²) in [6.07, 6.45) is 1.33. The van der Waals surface area contributed by atoms with Gasteiger partial charge in [-0.3, -0.25) is 4.98 Å².